The Morgan fingerprint density at radius 3 is 2.60 bits per heavy atom. The molecule has 5 heteroatoms. The number of aromatic hydroxyl groups is 1. The van der Waals surface area contributed by atoms with Crippen molar-refractivity contribution < 1.29 is 14.7 Å². The molecular formula is C15H18N2O3. The number of unbranched alkanes of at least 4 members (excludes halogenated alkanes) is 2. The Kier molecular flexibility index (Phi) is 4.08. The number of rotatable bonds is 5. The molecule has 0 radical (unpaired) electrons. The van der Waals surface area contributed by atoms with Gasteiger partial charge in [0.05, 0.1) is 11.1 Å². The van der Waals surface area contributed by atoms with Crippen LogP contribution in [0, 0.1) is 0 Å². The summed E-state index contributed by atoms with van der Waals surface area (Å²) in [4.78, 5) is 23.7. The van der Waals surface area contributed by atoms with E-state index in [1.165, 1.54) is 0 Å². The molecule has 0 saturated carbocycles. The van der Waals surface area contributed by atoms with Gasteiger partial charge in [-0.05, 0) is 12.5 Å². The van der Waals surface area contributed by atoms with E-state index < -0.39 is 6.03 Å². The van der Waals surface area contributed by atoms with Crippen molar-refractivity contribution in [3.05, 3.63) is 29.8 Å². The second-order valence-corrected chi connectivity index (χ2v) is 4.77. The Labute approximate surface area is 117 Å². The molecule has 0 atom stereocenters. The van der Waals surface area contributed by atoms with Gasteiger partial charge < -0.3 is 10.8 Å². The van der Waals surface area contributed by atoms with Crippen molar-refractivity contribution in [3.8, 4) is 5.88 Å². The number of fused-ring (bicyclic) bond motifs is 1. The van der Waals surface area contributed by atoms with Crippen molar-refractivity contribution in [2.75, 3.05) is 0 Å². The summed E-state index contributed by atoms with van der Waals surface area (Å²) < 4.78 is 0.975. The SMILES string of the molecule is CCCCCC(=O)c1c(O)n(C(N)=O)c2ccccc12. The second kappa shape index (κ2) is 5.77. The first-order valence-corrected chi connectivity index (χ1v) is 6.73. The van der Waals surface area contributed by atoms with E-state index >= 15 is 0 Å². The molecule has 0 fully saturated rings. The zero-order valence-electron chi connectivity index (χ0n) is 11.4. The highest BCUT2D eigenvalue weighted by Gasteiger charge is 2.23. The highest BCUT2D eigenvalue weighted by atomic mass is 16.3. The largest absolute Gasteiger partial charge is 0.494 e. The fraction of sp³-hybridized carbons (Fsp3) is 0.333. The summed E-state index contributed by atoms with van der Waals surface area (Å²) >= 11 is 0. The van der Waals surface area contributed by atoms with Crippen LogP contribution in [-0.4, -0.2) is 21.5 Å². The van der Waals surface area contributed by atoms with Crippen LogP contribution in [0.15, 0.2) is 24.3 Å². The van der Waals surface area contributed by atoms with Gasteiger partial charge in [0.25, 0.3) is 0 Å². The monoisotopic (exact) mass is 274 g/mol. The number of carbonyl (C=O) groups is 2. The molecule has 3 N–H and O–H groups in total. The van der Waals surface area contributed by atoms with Gasteiger partial charge in [-0.2, -0.15) is 0 Å². The maximum absolute atomic E-state index is 12.3. The first-order valence-electron chi connectivity index (χ1n) is 6.73. The topological polar surface area (TPSA) is 85.3 Å². The molecular weight excluding hydrogens is 256 g/mol. The Bertz CT molecular complexity index is 658. The molecule has 1 heterocycles. The Balaban J connectivity index is 2.50. The molecule has 0 aliphatic carbocycles. The lowest BCUT2D eigenvalue weighted by atomic mass is 10.0. The van der Waals surface area contributed by atoms with E-state index in [9.17, 15) is 14.7 Å². The summed E-state index contributed by atoms with van der Waals surface area (Å²) in [5.74, 6) is -0.521. The molecule has 0 aliphatic heterocycles. The minimum absolute atomic E-state index is 0.160. The van der Waals surface area contributed by atoms with Crippen molar-refractivity contribution in [2.24, 2.45) is 5.73 Å². The summed E-state index contributed by atoms with van der Waals surface area (Å²) in [6, 6.07) is 6.05. The molecule has 2 aromatic rings. The third-order valence-electron chi connectivity index (χ3n) is 3.36. The number of para-hydroxylation sites is 1. The fourth-order valence-electron chi connectivity index (χ4n) is 2.38. The molecule has 0 bridgehead atoms. The summed E-state index contributed by atoms with van der Waals surface area (Å²) in [5, 5.41) is 10.7. The van der Waals surface area contributed by atoms with Gasteiger partial charge in [0.15, 0.2) is 5.78 Å². The van der Waals surface area contributed by atoms with Crippen LogP contribution in [0.1, 0.15) is 43.0 Å². The van der Waals surface area contributed by atoms with Gasteiger partial charge in [-0.1, -0.05) is 38.0 Å². The number of aromatic nitrogens is 1. The highest BCUT2D eigenvalue weighted by molar-refractivity contribution is 6.12. The predicted molar refractivity (Wildman–Crippen MR) is 77.1 cm³/mol. The molecule has 1 amide bonds. The summed E-state index contributed by atoms with van der Waals surface area (Å²) in [7, 11) is 0. The molecule has 0 aliphatic rings. The van der Waals surface area contributed by atoms with Crippen molar-refractivity contribution >= 4 is 22.7 Å². The van der Waals surface area contributed by atoms with E-state index in [0.29, 0.717) is 17.3 Å². The maximum atomic E-state index is 12.3. The summed E-state index contributed by atoms with van der Waals surface area (Å²) in [5.41, 5.74) is 5.91. The minimum atomic E-state index is -0.800. The molecule has 0 saturated heterocycles. The van der Waals surface area contributed by atoms with Crippen molar-refractivity contribution in [1.29, 1.82) is 0 Å². The molecule has 0 unspecified atom stereocenters. The normalized spacial score (nSPS) is 10.8. The quantitative estimate of drug-likeness (QED) is 0.649. The molecule has 5 nitrogen and oxygen atoms in total. The Hall–Kier alpha value is -2.30. The van der Waals surface area contributed by atoms with E-state index in [0.717, 1.165) is 23.8 Å². The Morgan fingerprint density at radius 2 is 1.95 bits per heavy atom. The van der Waals surface area contributed by atoms with Gasteiger partial charge in [0, 0.05) is 11.8 Å². The number of benzene rings is 1. The predicted octanol–water partition coefficient (Wildman–Crippen LogP) is 3.04. The average molecular weight is 274 g/mol. The second-order valence-electron chi connectivity index (χ2n) is 4.77. The number of nitrogens with two attached hydrogens (primary N) is 1. The van der Waals surface area contributed by atoms with Crippen molar-refractivity contribution in [1.82, 2.24) is 4.57 Å². The first kappa shape index (κ1) is 14.1. The Morgan fingerprint density at radius 1 is 1.25 bits per heavy atom. The van der Waals surface area contributed by atoms with Gasteiger partial charge in [0.2, 0.25) is 5.88 Å². The van der Waals surface area contributed by atoms with E-state index in [1.54, 1.807) is 24.3 Å². The van der Waals surface area contributed by atoms with Crippen molar-refractivity contribution in [2.45, 2.75) is 32.6 Å². The number of hydrogen-bond acceptors (Lipinski definition) is 3. The van der Waals surface area contributed by atoms with Gasteiger partial charge in [-0.3, -0.25) is 4.79 Å². The van der Waals surface area contributed by atoms with Crippen LogP contribution < -0.4 is 5.73 Å². The third-order valence-corrected chi connectivity index (χ3v) is 3.36. The standard InChI is InChI=1S/C15H18N2O3/c1-2-3-4-9-12(18)13-10-7-5-6-8-11(10)17(14(13)19)15(16)20/h5-8,19H,2-4,9H2,1H3,(H2,16,20). The number of ketones is 1. The summed E-state index contributed by atoms with van der Waals surface area (Å²) in [6.07, 6.45) is 3.10. The minimum Gasteiger partial charge on any atom is -0.494 e. The first-order chi connectivity index (χ1) is 9.57. The van der Waals surface area contributed by atoms with Gasteiger partial charge >= 0.3 is 6.03 Å². The van der Waals surface area contributed by atoms with Crippen LogP contribution in [0.5, 0.6) is 5.88 Å². The van der Waals surface area contributed by atoms with Crippen LogP contribution in [0.3, 0.4) is 0 Å². The number of hydrogen-bond donors (Lipinski definition) is 2. The molecule has 1 aromatic heterocycles. The van der Waals surface area contributed by atoms with Gasteiger partial charge in [-0.15, -0.1) is 0 Å². The average Bonchev–Trinajstić information content (AvgIpc) is 2.70. The van der Waals surface area contributed by atoms with Crippen LogP contribution in [-0.2, 0) is 0 Å². The zero-order chi connectivity index (χ0) is 14.7. The lowest BCUT2D eigenvalue weighted by Gasteiger charge is -2.01. The molecule has 1 aromatic carbocycles. The third kappa shape index (κ3) is 2.39. The summed E-state index contributed by atoms with van der Waals surface area (Å²) in [6.45, 7) is 2.06. The maximum Gasteiger partial charge on any atom is 0.326 e. The van der Waals surface area contributed by atoms with Crippen LogP contribution in [0.4, 0.5) is 4.79 Å². The zero-order valence-corrected chi connectivity index (χ0v) is 11.4. The molecule has 2 rings (SSSR count). The highest BCUT2D eigenvalue weighted by Crippen LogP contribution is 2.32. The van der Waals surface area contributed by atoms with Gasteiger partial charge in [-0.25, -0.2) is 9.36 Å². The fourth-order valence-corrected chi connectivity index (χ4v) is 2.38. The molecule has 106 valence electrons. The molecule has 20 heavy (non-hydrogen) atoms. The number of amides is 1. The van der Waals surface area contributed by atoms with E-state index in [4.69, 9.17) is 5.73 Å². The van der Waals surface area contributed by atoms with E-state index in [2.05, 4.69) is 6.92 Å². The number of Topliss-reactive ketones (excluding diaryl/α,β-unsaturated/α-hetero) is 1. The van der Waals surface area contributed by atoms with Gasteiger partial charge in [0.1, 0.15) is 0 Å². The number of primary amides is 1. The van der Waals surface area contributed by atoms with Crippen molar-refractivity contribution in [3.63, 3.8) is 0 Å². The van der Waals surface area contributed by atoms with E-state index in [1.807, 2.05) is 0 Å². The number of nitrogens with zero attached hydrogens (tertiary/aromatic N) is 1. The smallest absolute Gasteiger partial charge is 0.326 e. The lowest BCUT2D eigenvalue weighted by molar-refractivity contribution is 0.0978. The molecule has 0 spiro atoms. The van der Waals surface area contributed by atoms with E-state index in [-0.39, 0.29) is 17.2 Å². The van der Waals surface area contributed by atoms with Crippen LogP contribution in [0.25, 0.3) is 10.9 Å². The van der Waals surface area contributed by atoms with Crippen LogP contribution in [0.2, 0.25) is 0 Å². The van der Waals surface area contributed by atoms with Crippen LogP contribution >= 0.6 is 0 Å². The number of carbonyl (C=O) groups excluding carboxylic acids is 2. The lowest BCUT2D eigenvalue weighted by Crippen LogP contribution is -2.18.